The highest BCUT2D eigenvalue weighted by Crippen LogP contribution is 2.14. The van der Waals surface area contributed by atoms with Crippen molar-refractivity contribution in [2.24, 2.45) is 0 Å². The van der Waals surface area contributed by atoms with E-state index >= 15 is 0 Å². The Labute approximate surface area is 136 Å². The van der Waals surface area contributed by atoms with Crippen molar-refractivity contribution < 1.29 is 4.79 Å². The molecular weight excluding hydrogens is 310 g/mol. The number of carbonyl (C=O) groups excluding carboxylic acids is 1. The molecule has 3 aromatic rings. The first-order valence-electron chi connectivity index (χ1n) is 7.49. The molecule has 1 aromatic carbocycles. The van der Waals surface area contributed by atoms with Gasteiger partial charge in [-0.2, -0.15) is 0 Å². The van der Waals surface area contributed by atoms with Crippen LogP contribution < -0.4 is 16.6 Å². The van der Waals surface area contributed by atoms with Gasteiger partial charge in [-0.1, -0.05) is 6.08 Å². The molecule has 24 heavy (non-hydrogen) atoms. The molecule has 0 aliphatic heterocycles. The van der Waals surface area contributed by atoms with Crippen molar-refractivity contribution in [1.29, 1.82) is 0 Å². The number of hydrogen-bond acceptors (Lipinski definition) is 4. The molecule has 2 aromatic heterocycles. The molecule has 0 unspecified atom stereocenters. The zero-order chi connectivity index (χ0) is 17.4. The van der Waals surface area contributed by atoms with Gasteiger partial charge < -0.3 is 5.32 Å². The molecule has 0 bridgehead atoms. The summed E-state index contributed by atoms with van der Waals surface area (Å²) in [5.41, 5.74) is -0.0709. The predicted octanol–water partition coefficient (Wildman–Crippen LogP) is 0.662. The van der Waals surface area contributed by atoms with E-state index in [4.69, 9.17) is 0 Å². The van der Waals surface area contributed by atoms with Crippen LogP contribution in [0.1, 0.15) is 24.2 Å². The summed E-state index contributed by atoms with van der Waals surface area (Å²) in [6.07, 6.45) is 1.55. The molecule has 0 aliphatic carbocycles. The fourth-order valence-corrected chi connectivity index (χ4v) is 2.60. The van der Waals surface area contributed by atoms with E-state index in [9.17, 15) is 14.4 Å². The van der Waals surface area contributed by atoms with Crippen molar-refractivity contribution >= 4 is 22.6 Å². The second-order valence-corrected chi connectivity index (χ2v) is 5.73. The molecule has 0 aliphatic rings. The van der Waals surface area contributed by atoms with Crippen molar-refractivity contribution in [1.82, 2.24) is 24.5 Å². The Hall–Kier alpha value is -3.16. The Balaban J connectivity index is 2.36. The van der Waals surface area contributed by atoms with E-state index in [-0.39, 0.29) is 29.8 Å². The number of allylic oxidation sites excluding steroid dienone is 1. The van der Waals surface area contributed by atoms with E-state index < -0.39 is 5.69 Å². The predicted molar refractivity (Wildman–Crippen MR) is 90.4 cm³/mol. The molecule has 8 nitrogen and oxygen atoms in total. The molecule has 2 N–H and O–H groups in total. The highest BCUT2D eigenvalue weighted by Gasteiger charge is 2.16. The minimum atomic E-state index is -0.478. The van der Waals surface area contributed by atoms with E-state index in [1.54, 1.807) is 18.2 Å². The molecule has 0 saturated carbocycles. The summed E-state index contributed by atoms with van der Waals surface area (Å²) in [4.78, 5) is 37.0. The van der Waals surface area contributed by atoms with Gasteiger partial charge in [0.25, 0.3) is 11.5 Å². The third-order valence-electron chi connectivity index (χ3n) is 3.60. The number of amides is 1. The maximum Gasteiger partial charge on any atom is 0.349 e. The van der Waals surface area contributed by atoms with Gasteiger partial charge in [-0.25, -0.2) is 14.3 Å². The van der Waals surface area contributed by atoms with Gasteiger partial charge in [0.15, 0.2) is 0 Å². The standard InChI is InChI=1S/C16H17N5O3/c1-4-7-20-14(23)11-6-5-10(13(22)17-9(2)3)8-12(11)21-15(20)18-19-16(21)24/h4-6,8-9H,1,7H2,2-3H3,(H,17,22)(H,19,24). The van der Waals surface area contributed by atoms with Crippen LogP contribution in [0.5, 0.6) is 0 Å². The van der Waals surface area contributed by atoms with E-state index in [1.807, 2.05) is 13.8 Å². The smallest absolute Gasteiger partial charge is 0.349 e. The zero-order valence-corrected chi connectivity index (χ0v) is 13.4. The topological polar surface area (TPSA) is 101 Å². The van der Waals surface area contributed by atoms with Gasteiger partial charge >= 0.3 is 5.69 Å². The lowest BCUT2D eigenvalue weighted by atomic mass is 10.1. The second-order valence-electron chi connectivity index (χ2n) is 5.73. The average molecular weight is 327 g/mol. The normalized spacial score (nSPS) is 11.3. The summed E-state index contributed by atoms with van der Waals surface area (Å²) in [5, 5.41) is 9.36. The van der Waals surface area contributed by atoms with E-state index in [0.29, 0.717) is 16.5 Å². The lowest BCUT2D eigenvalue weighted by molar-refractivity contribution is 0.0943. The van der Waals surface area contributed by atoms with Crippen LogP contribution in [0, 0.1) is 0 Å². The highest BCUT2D eigenvalue weighted by molar-refractivity contribution is 5.98. The van der Waals surface area contributed by atoms with Gasteiger partial charge in [0, 0.05) is 18.2 Å². The first-order valence-corrected chi connectivity index (χ1v) is 7.49. The fourth-order valence-electron chi connectivity index (χ4n) is 2.60. The van der Waals surface area contributed by atoms with E-state index in [1.165, 1.54) is 15.0 Å². The van der Waals surface area contributed by atoms with Crippen molar-refractivity contribution in [3.05, 3.63) is 57.3 Å². The number of fused-ring (bicyclic) bond motifs is 3. The summed E-state index contributed by atoms with van der Waals surface area (Å²) in [7, 11) is 0. The molecule has 124 valence electrons. The van der Waals surface area contributed by atoms with Crippen LogP contribution in [0.15, 0.2) is 40.4 Å². The van der Waals surface area contributed by atoms with Crippen LogP contribution in [0.25, 0.3) is 16.7 Å². The summed E-state index contributed by atoms with van der Waals surface area (Å²) >= 11 is 0. The Morgan fingerprint density at radius 2 is 2.17 bits per heavy atom. The van der Waals surface area contributed by atoms with E-state index in [0.717, 1.165) is 0 Å². The maximum absolute atomic E-state index is 12.6. The second kappa shape index (κ2) is 5.80. The highest BCUT2D eigenvalue weighted by atomic mass is 16.2. The van der Waals surface area contributed by atoms with Crippen molar-refractivity contribution in [3.63, 3.8) is 0 Å². The summed E-state index contributed by atoms with van der Waals surface area (Å²) < 4.78 is 2.63. The minimum Gasteiger partial charge on any atom is -0.350 e. The summed E-state index contributed by atoms with van der Waals surface area (Å²) in [6, 6.07) is 4.61. The first kappa shape index (κ1) is 15.7. The van der Waals surface area contributed by atoms with Gasteiger partial charge in [0.2, 0.25) is 5.78 Å². The molecular formula is C16H17N5O3. The molecule has 3 rings (SSSR count). The number of aromatic amines is 1. The van der Waals surface area contributed by atoms with Crippen LogP contribution in [-0.4, -0.2) is 31.1 Å². The molecule has 8 heteroatoms. The van der Waals surface area contributed by atoms with Gasteiger partial charge in [-0.3, -0.25) is 14.2 Å². The van der Waals surface area contributed by atoms with Gasteiger partial charge in [0.1, 0.15) is 0 Å². The molecule has 1 amide bonds. The summed E-state index contributed by atoms with van der Waals surface area (Å²) in [5.74, 6) is -0.0920. The monoisotopic (exact) mass is 327 g/mol. The molecule has 2 heterocycles. The van der Waals surface area contributed by atoms with Crippen molar-refractivity contribution in [2.75, 3.05) is 0 Å². The number of rotatable bonds is 4. The number of hydrogen-bond donors (Lipinski definition) is 2. The van der Waals surface area contributed by atoms with Crippen LogP contribution >= 0.6 is 0 Å². The number of benzene rings is 1. The number of nitrogens with zero attached hydrogens (tertiary/aromatic N) is 3. The first-order chi connectivity index (χ1) is 11.4. The number of aromatic nitrogens is 4. The summed E-state index contributed by atoms with van der Waals surface area (Å²) in [6.45, 7) is 7.54. The molecule has 0 atom stereocenters. The fraction of sp³-hybridized carbons (Fsp3) is 0.250. The zero-order valence-electron chi connectivity index (χ0n) is 13.4. The SMILES string of the molecule is C=CCn1c(=O)c2ccc(C(=O)NC(C)C)cc2n2c(=O)[nH]nc12. The van der Waals surface area contributed by atoms with Gasteiger partial charge in [0.05, 0.1) is 10.9 Å². The molecule has 0 radical (unpaired) electrons. The van der Waals surface area contributed by atoms with Crippen LogP contribution in [0.2, 0.25) is 0 Å². The number of H-pyrrole nitrogens is 1. The van der Waals surface area contributed by atoms with Gasteiger partial charge in [-0.05, 0) is 32.0 Å². The Morgan fingerprint density at radius 3 is 2.83 bits per heavy atom. The Bertz CT molecular complexity index is 1070. The molecule has 0 saturated heterocycles. The molecule has 0 spiro atoms. The van der Waals surface area contributed by atoms with Crippen LogP contribution in [-0.2, 0) is 6.54 Å². The van der Waals surface area contributed by atoms with Crippen LogP contribution in [0.4, 0.5) is 0 Å². The van der Waals surface area contributed by atoms with E-state index in [2.05, 4.69) is 22.1 Å². The lowest BCUT2D eigenvalue weighted by Gasteiger charge is -2.11. The number of nitrogens with one attached hydrogen (secondary N) is 2. The van der Waals surface area contributed by atoms with Crippen LogP contribution in [0.3, 0.4) is 0 Å². The Kier molecular flexibility index (Phi) is 3.80. The lowest BCUT2D eigenvalue weighted by Crippen LogP contribution is -2.30. The number of carbonyl (C=O) groups is 1. The third kappa shape index (κ3) is 2.41. The third-order valence-corrected chi connectivity index (χ3v) is 3.60. The van der Waals surface area contributed by atoms with Crippen molar-refractivity contribution in [2.45, 2.75) is 26.4 Å². The average Bonchev–Trinajstić information content (AvgIpc) is 2.92. The maximum atomic E-state index is 12.6. The largest absolute Gasteiger partial charge is 0.350 e. The quantitative estimate of drug-likeness (QED) is 0.687. The Morgan fingerprint density at radius 1 is 1.42 bits per heavy atom. The minimum absolute atomic E-state index is 0.0227. The van der Waals surface area contributed by atoms with Gasteiger partial charge in [-0.15, -0.1) is 11.7 Å². The molecule has 0 fully saturated rings. The van der Waals surface area contributed by atoms with Crippen molar-refractivity contribution in [3.8, 4) is 0 Å².